The number of rotatable bonds is 6. The monoisotopic (exact) mass is 1130 g/mol. The molecule has 0 saturated carbocycles. The minimum Gasteiger partial charge on any atom is -0.456 e. The van der Waals surface area contributed by atoms with Crippen molar-refractivity contribution in [3.63, 3.8) is 0 Å². The summed E-state index contributed by atoms with van der Waals surface area (Å²) in [5.41, 5.74) is 17.7. The molecule has 0 amide bonds. The predicted molar refractivity (Wildman–Crippen MR) is 355 cm³/mol. The molecule has 0 fully saturated rings. The van der Waals surface area contributed by atoms with Crippen molar-refractivity contribution in [1.82, 2.24) is 29.9 Å². The van der Waals surface area contributed by atoms with E-state index in [1.165, 1.54) is 64.7 Å². The Bertz CT molecular complexity index is 5010. The lowest BCUT2D eigenvalue weighted by atomic mass is 9.55. The molecule has 0 unspecified atom stereocenters. The van der Waals surface area contributed by atoms with Gasteiger partial charge in [-0.05, 0) is 121 Å². The molecule has 2 aliphatic rings. The Kier molecular flexibility index (Phi) is 12.3. The Labute approximate surface area is 505 Å². The zero-order valence-corrected chi connectivity index (χ0v) is 50.3. The third-order valence-electron chi connectivity index (χ3n) is 19.4. The van der Waals surface area contributed by atoms with Gasteiger partial charge in [-0.1, -0.05) is 231 Å². The quantitative estimate of drug-likeness (QED) is 0.164. The number of thiophene rings is 1. The number of nitrogens with zero attached hydrogens (tertiary/aromatic N) is 6. The molecule has 0 spiro atoms. The van der Waals surface area contributed by atoms with Crippen LogP contribution in [0.15, 0.2) is 235 Å². The molecule has 4 heterocycles. The Hall–Kier alpha value is -9.76. The van der Waals surface area contributed by atoms with Crippen molar-refractivity contribution in [2.75, 3.05) is 0 Å². The van der Waals surface area contributed by atoms with Gasteiger partial charge in [0.2, 0.25) is 0 Å². The molecule has 0 bridgehead atoms. The smallest absolute Gasteiger partial charge is 0.164 e. The van der Waals surface area contributed by atoms with E-state index in [-0.39, 0.29) is 21.7 Å². The van der Waals surface area contributed by atoms with Crippen molar-refractivity contribution in [3.05, 3.63) is 253 Å². The number of hydrogen-bond donors (Lipinski definition) is 0. The first-order valence-corrected chi connectivity index (χ1v) is 30.4. The van der Waals surface area contributed by atoms with Crippen LogP contribution in [0.5, 0.6) is 0 Å². The van der Waals surface area contributed by atoms with Gasteiger partial charge in [0.1, 0.15) is 11.2 Å². The average molecular weight is 1130 g/mol. The van der Waals surface area contributed by atoms with Crippen LogP contribution in [0.1, 0.15) is 77.6 Å². The summed E-state index contributed by atoms with van der Waals surface area (Å²) in [6.07, 6.45) is 0. The standard InChI is InChI=1S/C39H31N3O.C39H31N3S/c1-38(2)31-16-10-8-14-27(31)28-20-18-25(22-32(28)39(38,3)4)36-40-35(24-12-6-5-7-13-24)41-37(42-36)26-19-21-30-29-15-9-11-17-33(29)43-34(30)23-26;1-38(2)31-16-10-8-14-27(31)28-20-18-26(23-32(28)39(38,3)4)37-41-35(24-12-6-5-7-13-24)40-36(42-37)25-19-21-34-30(22-25)29-15-9-11-17-33(29)43-34/h2*5-23H,1-4H3. The molecule has 86 heavy (non-hydrogen) atoms. The van der Waals surface area contributed by atoms with Gasteiger partial charge in [0.05, 0.1) is 0 Å². The largest absolute Gasteiger partial charge is 0.456 e. The van der Waals surface area contributed by atoms with Gasteiger partial charge in [-0.15, -0.1) is 11.3 Å². The van der Waals surface area contributed by atoms with Crippen LogP contribution in [0.4, 0.5) is 0 Å². The first kappa shape index (κ1) is 53.0. The second-order valence-electron chi connectivity index (χ2n) is 25.1. The Morgan fingerprint density at radius 3 is 1.15 bits per heavy atom. The molecule has 16 rings (SSSR count). The third-order valence-corrected chi connectivity index (χ3v) is 20.6. The molecule has 7 nitrogen and oxygen atoms in total. The molecule has 10 aromatic carbocycles. The highest BCUT2D eigenvalue weighted by molar-refractivity contribution is 7.25. The minimum atomic E-state index is -0.114. The lowest BCUT2D eigenvalue weighted by Gasteiger charge is -2.48. The molecule has 0 saturated heterocycles. The maximum Gasteiger partial charge on any atom is 0.164 e. The van der Waals surface area contributed by atoms with Crippen LogP contribution in [0, 0.1) is 0 Å². The van der Waals surface area contributed by atoms with Gasteiger partial charge in [-0.25, -0.2) is 29.9 Å². The molecule has 4 aromatic heterocycles. The topological polar surface area (TPSA) is 90.5 Å². The van der Waals surface area contributed by atoms with Gasteiger partial charge in [-0.3, -0.25) is 0 Å². The molecule has 2 aliphatic carbocycles. The Morgan fingerprint density at radius 2 is 0.616 bits per heavy atom. The fourth-order valence-corrected chi connectivity index (χ4v) is 14.3. The molecule has 0 radical (unpaired) electrons. The van der Waals surface area contributed by atoms with Gasteiger partial charge >= 0.3 is 0 Å². The molecule has 14 aromatic rings. The molecule has 0 N–H and O–H groups in total. The summed E-state index contributed by atoms with van der Waals surface area (Å²) in [5.74, 6) is 3.97. The summed E-state index contributed by atoms with van der Waals surface area (Å²) in [6.45, 7) is 18.8. The highest BCUT2D eigenvalue weighted by Crippen LogP contribution is 2.56. The van der Waals surface area contributed by atoms with Gasteiger partial charge in [0, 0.05) is 64.3 Å². The van der Waals surface area contributed by atoms with Crippen LogP contribution in [0.2, 0.25) is 0 Å². The Balaban J connectivity index is 0.000000145. The zero-order valence-electron chi connectivity index (χ0n) is 49.4. The van der Waals surface area contributed by atoms with Crippen LogP contribution in [-0.2, 0) is 21.7 Å². The summed E-state index contributed by atoms with van der Waals surface area (Å²) in [5, 5.41) is 4.68. The van der Waals surface area contributed by atoms with E-state index >= 15 is 0 Å². The number of hydrogen-bond acceptors (Lipinski definition) is 8. The maximum absolute atomic E-state index is 6.21. The highest BCUT2D eigenvalue weighted by Gasteiger charge is 2.47. The molecule has 8 heteroatoms. The second-order valence-corrected chi connectivity index (χ2v) is 26.2. The van der Waals surface area contributed by atoms with Crippen LogP contribution in [-0.4, -0.2) is 29.9 Å². The average Bonchev–Trinajstić information content (AvgIpc) is 0.992. The molecular weight excluding hydrogens is 1070 g/mol. The summed E-state index contributed by atoms with van der Waals surface area (Å²) in [7, 11) is 0. The fraction of sp³-hybridized carbons (Fsp3) is 0.154. The van der Waals surface area contributed by atoms with Gasteiger partial charge < -0.3 is 4.42 Å². The van der Waals surface area contributed by atoms with Crippen molar-refractivity contribution in [2.24, 2.45) is 0 Å². The van der Waals surface area contributed by atoms with Gasteiger partial charge in [0.25, 0.3) is 0 Å². The molecule has 0 aliphatic heterocycles. The fourth-order valence-electron chi connectivity index (χ4n) is 13.2. The van der Waals surface area contributed by atoms with Crippen molar-refractivity contribution in [3.8, 4) is 90.6 Å². The maximum atomic E-state index is 6.21. The van der Waals surface area contributed by atoms with E-state index in [4.69, 9.17) is 34.3 Å². The zero-order chi connectivity index (χ0) is 58.7. The Morgan fingerprint density at radius 1 is 0.256 bits per heavy atom. The molecule has 416 valence electrons. The van der Waals surface area contributed by atoms with E-state index in [9.17, 15) is 0 Å². The number of para-hydroxylation sites is 1. The molecule has 0 atom stereocenters. The van der Waals surface area contributed by atoms with Crippen molar-refractivity contribution in [1.29, 1.82) is 0 Å². The summed E-state index contributed by atoms with van der Waals surface area (Å²) >= 11 is 1.82. The van der Waals surface area contributed by atoms with E-state index in [0.29, 0.717) is 34.9 Å². The summed E-state index contributed by atoms with van der Waals surface area (Å²) < 4.78 is 8.76. The normalized spacial score (nSPS) is 14.9. The van der Waals surface area contributed by atoms with Crippen molar-refractivity contribution >= 4 is 53.4 Å². The number of fused-ring (bicyclic) bond motifs is 12. The van der Waals surface area contributed by atoms with E-state index < -0.39 is 0 Å². The minimum absolute atomic E-state index is 0.0482. The first-order valence-electron chi connectivity index (χ1n) is 29.6. The second kappa shape index (κ2) is 19.9. The number of benzene rings is 10. The van der Waals surface area contributed by atoms with Gasteiger partial charge in [0.15, 0.2) is 34.9 Å². The van der Waals surface area contributed by atoms with Crippen molar-refractivity contribution < 1.29 is 4.42 Å². The third kappa shape index (κ3) is 8.52. The number of aromatic nitrogens is 6. The molecular formula is C78H62N6OS. The van der Waals surface area contributed by atoms with Gasteiger partial charge in [-0.2, -0.15) is 0 Å². The van der Waals surface area contributed by atoms with E-state index in [2.05, 4.69) is 213 Å². The van der Waals surface area contributed by atoms with E-state index in [0.717, 1.165) is 55.3 Å². The first-order chi connectivity index (χ1) is 41.6. The summed E-state index contributed by atoms with van der Waals surface area (Å²) in [6, 6.07) is 80.9. The SMILES string of the molecule is CC1(C)c2ccccc2-c2ccc(-c3nc(-c4ccccc4)nc(-c4ccc5c(c4)oc4ccccc45)n3)cc2C1(C)C.CC1(C)c2ccccc2-c2ccc(-c3nc(-c4ccccc4)nc(-c4ccc5sc6ccccc6c5c4)n3)cc2C1(C)C. The predicted octanol–water partition coefficient (Wildman–Crippen LogP) is 20.5. The van der Waals surface area contributed by atoms with Crippen LogP contribution in [0.25, 0.3) is 133 Å². The van der Waals surface area contributed by atoms with Crippen LogP contribution < -0.4 is 0 Å². The van der Waals surface area contributed by atoms with E-state index in [1.54, 1.807) is 0 Å². The number of furan rings is 1. The highest BCUT2D eigenvalue weighted by atomic mass is 32.1. The lowest BCUT2D eigenvalue weighted by molar-refractivity contribution is 0.299. The van der Waals surface area contributed by atoms with Crippen molar-refractivity contribution in [2.45, 2.75) is 77.0 Å². The van der Waals surface area contributed by atoms with E-state index in [1.807, 2.05) is 84.1 Å². The van der Waals surface area contributed by atoms with Crippen LogP contribution >= 0.6 is 11.3 Å². The lowest BCUT2D eigenvalue weighted by Crippen LogP contribution is -2.43. The summed E-state index contributed by atoms with van der Waals surface area (Å²) in [4.78, 5) is 30.3. The van der Waals surface area contributed by atoms with Crippen LogP contribution in [0.3, 0.4) is 0 Å².